The molecule has 2 aromatic rings. The van der Waals surface area contributed by atoms with Crippen molar-refractivity contribution in [3.63, 3.8) is 0 Å². The molecule has 0 radical (unpaired) electrons. The third-order valence-electron chi connectivity index (χ3n) is 7.89. The van der Waals surface area contributed by atoms with Crippen molar-refractivity contribution in [2.45, 2.75) is 62.7 Å². The highest BCUT2D eigenvalue weighted by molar-refractivity contribution is 5.79. The zero-order chi connectivity index (χ0) is 26.4. The Kier molecular flexibility index (Phi) is 9.18. The summed E-state index contributed by atoms with van der Waals surface area (Å²) in [4.78, 5) is 15.1. The largest absolute Gasteiger partial charge is 0.454 e. The molecule has 1 aliphatic heterocycles. The van der Waals surface area contributed by atoms with Crippen molar-refractivity contribution in [3.05, 3.63) is 59.9 Å². The summed E-state index contributed by atoms with van der Waals surface area (Å²) in [5.41, 5.74) is 4.94. The van der Waals surface area contributed by atoms with Gasteiger partial charge in [-0.2, -0.15) is 0 Å². The molecule has 1 saturated carbocycles. The molecule has 0 spiro atoms. The first-order chi connectivity index (χ1) is 17.8. The third kappa shape index (κ3) is 6.32. The molecular formula is C29H39FN2O5. The van der Waals surface area contributed by atoms with Gasteiger partial charge in [-0.15, -0.1) is 0 Å². The fraction of sp³-hybridized carbons (Fsp3) is 0.552. The van der Waals surface area contributed by atoms with Crippen LogP contribution in [-0.4, -0.2) is 60.0 Å². The van der Waals surface area contributed by atoms with Crippen LogP contribution in [0.3, 0.4) is 0 Å². The molecule has 1 aliphatic carbocycles. The number of nitrogens with two attached hydrogens (primary N) is 1. The van der Waals surface area contributed by atoms with Gasteiger partial charge in [0.25, 0.3) is 0 Å². The number of methoxy groups -OCH3 is 1. The lowest BCUT2D eigenvalue weighted by atomic mass is 9.73. The lowest BCUT2D eigenvalue weighted by Crippen LogP contribution is -2.49. The number of amides is 1. The number of aliphatic hydroxyl groups excluding tert-OH is 1. The summed E-state index contributed by atoms with van der Waals surface area (Å²) >= 11 is 0. The van der Waals surface area contributed by atoms with Crippen LogP contribution in [0.1, 0.15) is 50.5 Å². The number of hydrogen-bond donors (Lipinski definition) is 3. The maximum absolute atomic E-state index is 15.2. The molecule has 4 N–H and O–H groups in total. The summed E-state index contributed by atoms with van der Waals surface area (Å²) in [6.07, 6.45) is 3.36. The average molecular weight is 515 g/mol. The predicted molar refractivity (Wildman–Crippen MR) is 139 cm³/mol. The van der Waals surface area contributed by atoms with Crippen LogP contribution in [0.2, 0.25) is 0 Å². The number of piperidine rings is 1. The fourth-order valence-electron chi connectivity index (χ4n) is 5.83. The van der Waals surface area contributed by atoms with E-state index in [0.29, 0.717) is 63.1 Å². The van der Waals surface area contributed by atoms with Crippen molar-refractivity contribution < 1.29 is 28.9 Å². The van der Waals surface area contributed by atoms with Gasteiger partial charge in [0.2, 0.25) is 5.91 Å². The number of aliphatic hydroxyl groups is 2. The molecule has 8 heteroatoms. The second-order valence-corrected chi connectivity index (χ2v) is 10.4. The zero-order valence-corrected chi connectivity index (χ0v) is 21.5. The number of rotatable bonds is 10. The van der Waals surface area contributed by atoms with Gasteiger partial charge >= 0.3 is 0 Å². The number of carbonyl (C=O) groups excluding carboxylic acids is 1. The maximum Gasteiger partial charge on any atom is 0.225 e. The standard InChI is InChI=1S/C29H39FN2O5/c1-36-16-6-5-14-29(35,23-12-7-13-24(30)27(23)37-22-10-3-2-4-11-22)21-9-8-15-32(19-21)28(34)20-17-25(31)26(33)18-20/h2-4,7,10-13,20-21,25-26,33,35H,5-6,8-9,14-19,31H2,1H3/t20-,21+,25+,26-,29-/m0/s1. The topological polar surface area (TPSA) is 105 Å². The van der Waals surface area contributed by atoms with E-state index < -0.39 is 23.6 Å². The van der Waals surface area contributed by atoms with Gasteiger partial charge in [-0.1, -0.05) is 30.3 Å². The van der Waals surface area contributed by atoms with Crippen LogP contribution in [0.15, 0.2) is 48.5 Å². The molecule has 2 aromatic carbocycles. The van der Waals surface area contributed by atoms with E-state index in [2.05, 4.69) is 0 Å². The van der Waals surface area contributed by atoms with E-state index >= 15 is 4.39 Å². The summed E-state index contributed by atoms with van der Waals surface area (Å²) in [5.74, 6) is -0.714. The van der Waals surface area contributed by atoms with Gasteiger partial charge in [0, 0.05) is 50.2 Å². The Morgan fingerprint density at radius 1 is 1.16 bits per heavy atom. The minimum absolute atomic E-state index is 0.0104. The van der Waals surface area contributed by atoms with Crippen molar-refractivity contribution in [1.29, 1.82) is 0 Å². The normalized spacial score (nSPS) is 25.6. The number of benzene rings is 2. The van der Waals surface area contributed by atoms with Crippen molar-refractivity contribution in [3.8, 4) is 11.5 Å². The first-order valence-electron chi connectivity index (χ1n) is 13.3. The van der Waals surface area contributed by atoms with Gasteiger partial charge in [-0.05, 0) is 63.1 Å². The molecule has 0 aromatic heterocycles. The van der Waals surface area contributed by atoms with Gasteiger partial charge in [-0.25, -0.2) is 4.39 Å². The SMILES string of the molecule is COCCCC[C@@](O)(c1cccc(F)c1Oc1ccccc1)[C@@H]1CCCN(C(=O)[C@H]2C[C@@H](N)[C@@H](O)C2)C1. The highest BCUT2D eigenvalue weighted by atomic mass is 19.1. The molecule has 4 rings (SSSR count). The third-order valence-corrected chi connectivity index (χ3v) is 7.89. The molecular weight excluding hydrogens is 475 g/mol. The highest BCUT2D eigenvalue weighted by Crippen LogP contribution is 2.45. The molecule has 2 fully saturated rings. The van der Waals surface area contributed by atoms with Crippen molar-refractivity contribution in [2.75, 3.05) is 26.8 Å². The Balaban J connectivity index is 1.63. The van der Waals surface area contributed by atoms with E-state index in [-0.39, 0.29) is 23.5 Å². The Labute approximate surface area is 218 Å². The second kappa shape index (κ2) is 12.3. The number of likely N-dealkylation sites (tertiary alicyclic amines) is 1. The molecule has 1 saturated heterocycles. The van der Waals surface area contributed by atoms with Gasteiger partial charge in [0.1, 0.15) is 5.75 Å². The first-order valence-corrected chi connectivity index (χ1v) is 13.3. The number of carbonyl (C=O) groups is 1. The van der Waals surface area contributed by atoms with Crippen molar-refractivity contribution >= 4 is 5.91 Å². The molecule has 2 aliphatic rings. The number of unbranched alkanes of at least 4 members (excludes halogenated alkanes) is 1. The van der Waals surface area contributed by atoms with E-state index in [4.69, 9.17) is 15.2 Å². The predicted octanol–water partition coefficient (Wildman–Crippen LogP) is 3.96. The van der Waals surface area contributed by atoms with Crippen LogP contribution in [0, 0.1) is 17.7 Å². The molecule has 37 heavy (non-hydrogen) atoms. The smallest absolute Gasteiger partial charge is 0.225 e. The number of hydrogen-bond acceptors (Lipinski definition) is 6. The van der Waals surface area contributed by atoms with Crippen molar-refractivity contribution in [1.82, 2.24) is 4.90 Å². The van der Waals surface area contributed by atoms with E-state index in [9.17, 15) is 15.0 Å². The summed E-state index contributed by atoms with van der Waals surface area (Å²) in [6, 6.07) is 13.2. The lowest BCUT2D eigenvalue weighted by Gasteiger charge is -2.44. The highest BCUT2D eigenvalue weighted by Gasteiger charge is 2.45. The summed E-state index contributed by atoms with van der Waals surface area (Å²) in [5, 5.41) is 22.4. The van der Waals surface area contributed by atoms with Gasteiger partial charge in [0.05, 0.1) is 11.7 Å². The maximum atomic E-state index is 15.2. The summed E-state index contributed by atoms with van der Waals surface area (Å²) < 4.78 is 26.4. The molecule has 5 atom stereocenters. The van der Waals surface area contributed by atoms with E-state index in [1.165, 1.54) is 6.07 Å². The number of nitrogens with zero attached hydrogens (tertiary/aromatic N) is 1. The molecule has 7 nitrogen and oxygen atoms in total. The monoisotopic (exact) mass is 514 g/mol. The van der Waals surface area contributed by atoms with Crippen LogP contribution >= 0.6 is 0 Å². The summed E-state index contributed by atoms with van der Waals surface area (Å²) in [6.45, 7) is 1.50. The Morgan fingerprint density at radius 3 is 2.65 bits per heavy atom. The number of halogens is 1. The second-order valence-electron chi connectivity index (χ2n) is 10.4. The van der Waals surface area contributed by atoms with Crippen LogP contribution in [0.5, 0.6) is 11.5 Å². The fourth-order valence-corrected chi connectivity index (χ4v) is 5.83. The zero-order valence-electron chi connectivity index (χ0n) is 21.5. The number of ether oxygens (including phenoxy) is 2. The van der Waals surface area contributed by atoms with Crippen LogP contribution in [-0.2, 0) is 15.1 Å². The molecule has 1 heterocycles. The van der Waals surface area contributed by atoms with Crippen LogP contribution in [0.25, 0.3) is 0 Å². The Morgan fingerprint density at radius 2 is 1.95 bits per heavy atom. The Bertz CT molecular complexity index is 1030. The molecule has 1 amide bonds. The minimum atomic E-state index is -1.41. The van der Waals surface area contributed by atoms with E-state index in [1.54, 1.807) is 36.3 Å². The van der Waals surface area contributed by atoms with Gasteiger partial charge < -0.3 is 30.3 Å². The minimum Gasteiger partial charge on any atom is -0.454 e. The van der Waals surface area contributed by atoms with Gasteiger partial charge in [-0.3, -0.25) is 4.79 Å². The number of para-hydroxylation sites is 2. The molecule has 0 bridgehead atoms. The molecule has 0 unspecified atom stereocenters. The van der Waals surface area contributed by atoms with E-state index in [0.717, 1.165) is 12.8 Å². The molecule has 202 valence electrons. The lowest BCUT2D eigenvalue weighted by molar-refractivity contribution is -0.141. The van der Waals surface area contributed by atoms with Crippen molar-refractivity contribution in [2.24, 2.45) is 17.6 Å². The van der Waals surface area contributed by atoms with Gasteiger partial charge in [0.15, 0.2) is 11.6 Å². The average Bonchev–Trinajstić information content (AvgIpc) is 3.25. The Hall–Kier alpha value is -2.52. The van der Waals surface area contributed by atoms with E-state index in [1.807, 2.05) is 18.2 Å². The quantitative estimate of drug-likeness (QED) is 0.415. The summed E-state index contributed by atoms with van der Waals surface area (Å²) in [7, 11) is 1.64. The van der Waals surface area contributed by atoms with Crippen LogP contribution < -0.4 is 10.5 Å². The first kappa shape index (κ1) is 27.5. The van der Waals surface area contributed by atoms with Crippen LogP contribution in [0.4, 0.5) is 4.39 Å².